The molecule has 0 bridgehead atoms. The van der Waals surface area contributed by atoms with Crippen LogP contribution in [0.3, 0.4) is 0 Å². The molecule has 230 valence electrons. The van der Waals surface area contributed by atoms with Crippen molar-refractivity contribution in [3.63, 3.8) is 0 Å². The number of ether oxygens (including phenoxy) is 5. The average molecular weight is 651 g/mol. The van der Waals surface area contributed by atoms with Crippen molar-refractivity contribution in [2.75, 3.05) is 20.3 Å². The topological polar surface area (TPSA) is 49.4 Å². The molecule has 0 unspecified atom stereocenters. The number of methoxy groups -OCH3 is 1. The predicted molar refractivity (Wildman–Crippen MR) is 169 cm³/mol. The quantitative estimate of drug-likeness (QED) is 0.218. The molecule has 0 N–H and O–H groups in total. The molecule has 43 heavy (non-hydrogen) atoms. The fourth-order valence-electron chi connectivity index (χ4n) is 6.77. The van der Waals surface area contributed by atoms with Crippen molar-refractivity contribution in [3.8, 4) is 0 Å². The maximum absolute atomic E-state index is 6.76. The summed E-state index contributed by atoms with van der Waals surface area (Å²) < 4.78 is 33.8. The number of benzene rings is 3. The van der Waals surface area contributed by atoms with Crippen LogP contribution >= 0.6 is 0 Å². The number of nitrogens with zero attached hydrogens (tertiary/aromatic N) is 1. The van der Waals surface area contributed by atoms with Gasteiger partial charge in [-0.25, -0.2) is 0 Å². The van der Waals surface area contributed by atoms with Gasteiger partial charge in [-0.3, -0.25) is 0 Å². The number of hydrogen-bond donors (Lipinski definition) is 0. The van der Waals surface area contributed by atoms with Crippen LogP contribution in [0.25, 0.3) is 0 Å². The monoisotopic (exact) mass is 651 g/mol. The zero-order valence-electron chi connectivity index (χ0n) is 25.5. The zero-order valence-corrected chi connectivity index (χ0v) is 27.3. The Labute approximate surface area is 263 Å². The molecule has 8 atom stereocenters. The Balaban J connectivity index is 1.26. The van der Waals surface area contributed by atoms with Gasteiger partial charge in [0.05, 0.1) is 0 Å². The Bertz CT molecular complexity index is 1220. The Hall–Kier alpha value is -2.06. The summed E-state index contributed by atoms with van der Waals surface area (Å²) in [6.45, 7) is 6.53. The van der Waals surface area contributed by atoms with Crippen molar-refractivity contribution in [2.45, 2.75) is 93.9 Å². The van der Waals surface area contributed by atoms with Gasteiger partial charge in [0.15, 0.2) is 0 Å². The Morgan fingerprint density at radius 1 is 0.744 bits per heavy atom. The molecule has 0 aliphatic carbocycles. The second-order valence-corrected chi connectivity index (χ2v) is 14.5. The van der Waals surface area contributed by atoms with E-state index in [9.17, 15) is 0 Å². The van der Waals surface area contributed by atoms with Crippen LogP contribution in [-0.4, -0.2) is 70.6 Å². The van der Waals surface area contributed by atoms with Crippen LogP contribution in [0.4, 0.5) is 0 Å². The van der Waals surface area contributed by atoms with Crippen molar-refractivity contribution in [1.29, 1.82) is 0 Å². The molecule has 6 rings (SSSR count). The van der Waals surface area contributed by atoms with Crippen LogP contribution in [0.5, 0.6) is 0 Å². The summed E-state index contributed by atoms with van der Waals surface area (Å²) in [6.07, 6.45) is 3.88. The summed E-state index contributed by atoms with van der Waals surface area (Å²) in [5, 5.41) is 0. The van der Waals surface area contributed by atoms with E-state index in [2.05, 4.69) is 67.3 Å². The second kappa shape index (κ2) is 14.8. The van der Waals surface area contributed by atoms with E-state index in [1.165, 1.54) is 22.9 Å². The molecule has 0 radical (unpaired) electrons. The van der Waals surface area contributed by atoms with Gasteiger partial charge in [0.25, 0.3) is 0 Å². The van der Waals surface area contributed by atoms with E-state index in [0.29, 0.717) is 39.1 Å². The molecule has 7 heteroatoms. The first-order chi connectivity index (χ1) is 21.2. The zero-order chi connectivity index (χ0) is 29.6. The molecule has 3 fully saturated rings. The minimum atomic E-state index is -0.403. The molecule has 3 heterocycles. The van der Waals surface area contributed by atoms with Gasteiger partial charge in [-0.1, -0.05) is 0 Å². The molecular formula is C36H45NO5Se. The first kappa shape index (κ1) is 30.9. The summed E-state index contributed by atoms with van der Waals surface area (Å²) in [7, 11) is 1.88. The fourth-order valence-corrected chi connectivity index (χ4v) is 9.96. The van der Waals surface area contributed by atoms with Crippen molar-refractivity contribution >= 4 is 19.4 Å². The fraction of sp³-hybridized carbons (Fsp3) is 0.500. The molecule has 6 nitrogen and oxygen atoms in total. The summed E-state index contributed by atoms with van der Waals surface area (Å²) in [5.41, 5.74) is 3.46. The minimum absolute atomic E-state index is 0.0758. The first-order valence-electron chi connectivity index (χ1n) is 15.9. The van der Waals surface area contributed by atoms with E-state index >= 15 is 0 Å². The molecule has 3 aromatic carbocycles. The molecule has 3 aromatic rings. The molecule has 3 aliphatic rings. The molecule has 0 saturated carbocycles. The standard InChI is InChI=1S/C36H45NO5Se/c1-4-14-30(38-3)32(15-5-2)43-31-21-13-12-20-27(31)22-37-28-23-39-35(25-16-8-6-9-17-25)41-33(28)34-29(37)24-40-36(42-34)26-18-10-7-11-19-26/h6-13,16-21,28-30,32-36H,4-5,14-15,22-24H2,1-3H3/t28-,29-,30-,32+,33+,34+,35+,36+/m0/s1. The maximum atomic E-state index is 6.76. The number of fused-ring (bicyclic) bond motifs is 3. The summed E-state index contributed by atoms with van der Waals surface area (Å²) in [4.78, 5) is 3.10. The van der Waals surface area contributed by atoms with E-state index in [1.54, 1.807) is 0 Å². The van der Waals surface area contributed by atoms with Crippen molar-refractivity contribution < 1.29 is 23.7 Å². The van der Waals surface area contributed by atoms with Crippen molar-refractivity contribution in [2.24, 2.45) is 0 Å². The third-order valence-corrected chi connectivity index (χ3v) is 12.1. The van der Waals surface area contributed by atoms with Crippen molar-refractivity contribution in [3.05, 3.63) is 102 Å². The van der Waals surface area contributed by atoms with Crippen LogP contribution < -0.4 is 4.46 Å². The van der Waals surface area contributed by atoms with Crippen LogP contribution in [0.2, 0.25) is 4.82 Å². The molecule has 0 aromatic heterocycles. The summed E-state index contributed by atoms with van der Waals surface area (Å²) in [5.74, 6) is 0. The average Bonchev–Trinajstić information content (AvgIpc) is 3.37. The van der Waals surface area contributed by atoms with Crippen LogP contribution in [0, 0.1) is 0 Å². The molecule has 3 saturated heterocycles. The summed E-state index contributed by atoms with van der Waals surface area (Å²) in [6, 6.07) is 29.6. The van der Waals surface area contributed by atoms with Crippen LogP contribution in [-0.2, 0) is 30.2 Å². The predicted octanol–water partition coefficient (Wildman–Crippen LogP) is 6.20. The van der Waals surface area contributed by atoms with Gasteiger partial charge >= 0.3 is 264 Å². The van der Waals surface area contributed by atoms with E-state index < -0.39 is 12.6 Å². The normalized spacial score (nSPS) is 28.6. The number of rotatable bonds is 12. The van der Waals surface area contributed by atoms with E-state index in [1.807, 2.05) is 43.5 Å². The van der Waals surface area contributed by atoms with E-state index in [-0.39, 0.29) is 24.3 Å². The van der Waals surface area contributed by atoms with Gasteiger partial charge < -0.3 is 0 Å². The Morgan fingerprint density at radius 2 is 1.28 bits per heavy atom. The van der Waals surface area contributed by atoms with Gasteiger partial charge in [-0.2, -0.15) is 0 Å². The van der Waals surface area contributed by atoms with Gasteiger partial charge in [0, 0.05) is 0 Å². The third kappa shape index (κ3) is 6.95. The van der Waals surface area contributed by atoms with Crippen LogP contribution in [0.1, 0.15) is 68.8 Å². The van der Waals surface area contributed by atoms with Gasteiger partial charge in [0.2, 0.25) is 0 Å². The van der Waals surface area contributed by atoms with Crippen LogP contribution in [0.15, 0.2) is 84.9 Å². The van der Waals surface area contributed by atoms with Gasteiger partial charge in [0.1, 0.15) is 0 Å². The Morgan fingerprint density at radius 3 is 1.81 bits per heavy atom. The number of likely N-dealkylation sites (tertiary alicyclic amines) is 1. The number of hydrogen-bond acceptors (Lipinski definition) is 6. The third-order valence-electron chi connectivity index (χ3n) is 8.94. The Kier molecular flexibility index (Phi) is 10.7. The molecule has 0 spiro atoms. The SMILES string of the molecule is CCC[C@H](OC)[C@@H](CCC)[Se]c1ccccc1CN1[C@H]2CO[C@@H](c3ccccc3)O[C@H]2[C@@H]2O[C@H](c3ccccc3)OC[C@@H]21. The summed E-state index contributed by atoms with van der Waals surface area (Å²) >= 11 is 0.302. The second-order valence-electron chi connectivity index (χ2n) is 11.8. The van der Waals surface area contributed by atoms with E-state index in [4.69, 9.17) is 23.7 Å². The van der Waals surface area contributed by atoms with Gasteiger partial charge in [-0.05, 0) is 0 Å². The van der Waals surface area contributed by atoms with Gasteiger partial charge in [-0.15, -0.1) is 0 Å². The van der Waals surface area contributed by atoms with E-state index in [0.717, 1.165) is 30.5 Å². The molecule has 3 aliphatic heterocycles. The first-order valence-corrected chi connectivity index (χ1v) is 17.7. The molecular weight excluding hydrogens is 605 g/mol. The van der Waals surface area contributed by atoms with Crippen molar-refractivity contribution in [1.82, 2.24) is 4.90 Å². The molecule has 0 amide bonds.